The molecule has 3 aromatic carbocycles. The molecule has 0 saturated carbocycles. The lowest BCUT2D eigenvalue weighted by molar-refractivity contribution is 0.102. The standard InChI is InChI=1S/C23H24N2O4S/c1-15-6-4-7-18(10-15)14-29-20-9-5-8-19(12-20)23(26)25-22-13-21(30(24,27)28)11-16(2)17(22)3/h4-13H,14H2,1-3H3,(H,25,26)(H2,24,27,28). The zero-order chi connectivity index (χ0) is 21.9. The molecule has 1 amide bonds. The lowest BCUT2D eigenvalue weighted by Crippen LogP contribution is -2.16. The van der Waals surface area contributed by atoms with Gasteiger partial charge in [0, 0.05) is 11.3 Å². The first-order valence-electron chi connectivity index (χ1n) is 9.37. The summed E-state index contributed by atoms with van der Waals surface area (Å²) in [4.78, 5) is 12.7. The summed E-state index contributed by atoms with van der Waals surface area (Å²) in [5, 5.41) is 8.01. The second-order valence-electron chi connectivity index (χ2n) is 7.22. The third kappa shape index (κ3) is 5.25. The Morgan fingerprint density at radius 3 is 2.43 bits per heavy atom. The van der Waals surface area contributed by atoms with Gasteiger partial charge in [0.2, 0.25) is 10.0 Å². The molecule has 3 N–H and O–H groups in total. The molecule has 0 aliphatic carbocycles. The van der Waals surface area contributed by atoms with Crippen LogP contribution in [0.15, 0.2) is 65.6 Å². The van der Waals surface area contributed by atoms with Crippen molar-refractivity contribution < 1.29 is 17.9 Å². The first kappa shape index (κ1) is 21.5. The van der Waals surface area contributed by atoms with Crippen LogP contribution in [-0.2, 0) is 16.6 Å². The Morgan fingerprint density at radius 2 is 1.73 bits per heavy atom. The predicted octanol–water partition coefficient (Wildman–Crippen LogP) is 4.09. The van der Waals surface area contributed by atoms with Gasteiger partial charge < -0.3 is 10.1 Å². The molecule has 7 heteroatoms. The first-order valence-corrected chi connectivity index (χ1v) is 10.9. The Hall–Kier alpha value is -3.16. The minimum Gasteiger partial charge on any atom is -0.489 e. The smallest absolute Gasteiger partial charge is 0.255 e. The van der Waals surface area contributed by atoms with Gasteiger partial charge >= 0.3 is 0 Å². The fourth-order valence-electron chi connectivity index (χ4n) is 3.01. The van der Waals surface area contributed by atoms with Gasteiger partial charge in [0.15, 0.2) is 0 Å². The number of nitrogens with one attached hydrogen (secondary N) is 1. The van der Waals surface area contributed by atoms with Crippen molar-refractivity contribution in [1.29, 1.82) is 0 Å². The second-order valence-corrected chi connectivity index (χ2v) is 8.78. The second kappa shape index (κ2) is 8.69. The van der Waals surface area contributed by atoms with Crippen LogP contribution in [0.4, 0.5) is 5.69 Å². The molecule has 3 rings (SSSR count). The van der Waals surface area contributed by atoms with Gasteiger partial charge in [-0.25, -0.2) is 13.6 Å². The molecule has 0 bridgehead atoms. The number of hydrogen-bond acceptors (Lipinski definition) is 4. The van der Waals surface area contributed by atoms with Crippen LogP contribution in [0.5, 0.6) is 5.75 Å². The van der Waals surface area contributed by atoms with E-state index in [-0.39, 0.29) is 10.8 Å². The van der Waals surface area contributed by atoms with E-state index in [4.69, 9.17) is 9.88 Å². The number of amides is 1. The van der Waals surface area contributed by atoms with E-state index in [2.05, 4.69) is 5.32 Å². The van der Waals surface area contributed by atoms with Crippen LogP contribution < -0.4 is 15.2 Å². The lowest BCUT2D eigenvalue weighted by atomic mass is 10.1. The number of carbonyl (C=O) groups is 1. The van der Waals surface area contributed by atoms with Crippen molar-refractivity contribution in [3.63, 3.8) is 0 Å². The molecular weight excluding hydrogens is 400 g/mol. The fraction of sp³-hybridized carbons (Fsp3) is 0.174. The molecule has 0 spiro atoms. The van der Waals surface area contributed by atoms with Gasteiger partial charge in [-0.2, -0.15) is 0 Å². The molecule has 0 aliphatic heterocycles. The topological polar surface area (TPSA) is 98.5 Å². The summed E-state index contributed by atoms with van der Waals surface area (Å²) in [5.74, 6) is 0.195. The molecule has 0 aliphatic rings. The number of rotatable bonds is 6. The van der Waals surface area contributed by atoms with Crippen LogP contribution in [0.2, 0.25) is 0 Å². The maximum absolute atomic E-state index is 12.8. The minimum absolute atomic E-state index is 0.0452. The van der Waals surface area contributed by atoms with E-state index in [0.717, 1.165) is 16.7 Å². The van der Waals surface area contributed by atoms with Crippen LogP contribution in [0.25, 0.3) is 0 Å². The zero-order valence-corrected chi connectivity index (χ0v) is 17.9. The van der Waals surface area contributed by atoms with Crippen molar-refractivity contribution in [2.24, 2.45) is 5.14 Å². The predicted molar refractivity (Wildman–Crippen MR) is 117 cm³/mol. The highest BCUT2D eigenvalue weighted by atomic mass is 32.2. The molecule has 3 aromatic rings. The minimum atomic E-state index is -3.88. The van der Waals surface area contributed by atoms with Gasteiger partial charge in [-0.15, -0.1) is 0 Å². The normalized spacial score (nSPS) is 11.2. The summed E-state index contributed by atoms with van der Waals surface area (Å²) < 4.78 is 29.2. The maximum atomic E-state index is 12.8. The van der Waals surface area contributed by atoms with E-state index in [1.54, 1.807) is 38.1 Å². The third-order valence-corrected chi connectivity index (χ3v) is 5.69. The Morgan fingerprint density at radius 1 is 1.00 bits per heavy atom. The maximum Gasteiger partial charge on any atom is 0.255 e. The average molecular weight is 425 g/mol. The summed E-state index contributed by atoms with van der Waals surface area (Å²) >= 11 is 0. The molecule has 0 heterocycles. The van der Waals surface area contributed by atoms with Gasteiger partial charge in [-0.05, 0) is 67.8 Å². The largest absolute Gasteiger partial charge is 0.489 e. The van der Waals surface area contributed by atoms with Crippen molar-refractivity contribution >= 4 is 21.6 Å². The first-order chi connectivity index (χ1) is 14.1. The van der Waals surface area contributed by atoms with Crippen LogP contribution in [0.1, 0.15) is 32.6 Å². The van der Waals surface area contributed by atoms with E-state index in [0.29, 0.717) is 29.2 Å². The van der Waals surface area contributed by atoms with Crippen LogP contribution >= 0.6 is 0 Å². The van der Waals surface area contributed by atoms with Gasteiger partial charge in [-0.3, -0.25) is 4.79 Å². The van der Waals surface area contributed by atoms with Gasteiger partial charge in [-0.1, -0.05) is 35.9 Å². The van der Waals surface area contributed by atoms with Crippen molar-refractivity contribution in [3.05, 3.63) is 88.5 Å². The summed E-state index contributed by atoms with van der Waals surface area (Å²) in [6.45, 7) is 5.98. The van der Waals surface area contributed by atoms with E-state index in [1.807, 2.05) is 31.2 Å². The van der Waals surface area contributed by atoms with E-state index in [9.17, 15) is 13.2 Å². The molecular formula is C23H24N2O4S. The molecule has 0 aromatic heterocycles. The summed E-state index contributed by atoms with van der Waals surface area (Å²) in [6.07, 6.45) is 0. The van der Waals surface area contributed by atoms with Gasteiger partial charge in [0.1, 0.15) is 12.4 Å². The molecule has 0 unspecified atom stereocenters. The summed E-state index contributed by atoms with van der Waals surface area (Å²) in [6, 6.07) is 17.7. The number of hydrogen-bond donors (Lipinski definition) is 2. The Kier molecular flexibility index (Phi) is 6.24. The highest BCUT2D eigenvalue weighted by molar-refractivity contribution is 7.89. The highest BCUT2D eigenvalue weighted by Crippen LogP contribution is 2.25. The van der Waals surface area contributed by atoms with E-state index in [1.165, 1.54) is 12.1 Å². The van der Waals surface area contributed by atoms with Crippen molar-refractivity contribution in [2.75, 3.05) is 5.32 Å². The monoisotopic (exact) mass is 424 g/mol. The van der Waals surface area contributed by atoms with Crippen molar-refractivity contribution in [1.82, 2.24) is 0 Å². The molecule has 156 valence electrons. The van der Waals surface area contributed by atoms with Gasteiger partial charge in [0.05, 0.1) is 4.90 Å². The molecule has 0 atom stereocenters. The average Bonchev–Trinajstić information content (AvgIpc) is 2.69. The quantitative estimate of drug-likeness (QED) is 0.623. The molecule has 30 heavy (non-hydrogen) atoms. The summed E-state index contributed by atoms with van der Waals surface area (Å²) in [7, 11) is -3.88. The number of aryl methyl sites for hydroxylation is 2. The highest BCUT2D eigenvalue weighted by Gasteiger charge is 2.15. The zero-order valence-electron chi connectivity index (χ0n) is 17.1. The number of ether oxygens (including phenoxy) is 1. The third-order valence-electron chi connectivity index (χ3n) is 4.80. The number of carbonyl (C=O) groups excluding carboxylic acids is 1. The number of benzene rings is 3. The fourth-order valence-corrected chi connectivity index (χ4v) is 3.63. The Labute approximate surface area is 176 Å². The number of anilines is 1. The lowest BCUT2D eigenvalue weighted by Gasteiger charge is -2.13. The molecule has 6 nitrogen and oxygen atoms in total. The molecule has 0 saturated heterocycles. The number of sulfonamides is 1. The van der Waals surface area contributed by atoms with Crippen LogP contribution in [0.3, 0.4) is 0 Å². The van der Waals surface area contributed by atoms with E-state index >= 15 is 0 Å². The van der Waals surface area contributed by atoms with Crippen LogP contribution in [0, 0.1) is 20.8 Å². The Bertz CT molecular complexity index is 1200. The van der Waals surface area contributed by atoms with E-state index < -0.39 is 10.0 Å². The SMILES string of the molecule is Cc1cccc(COc2cccc(C(=O)Nc3cc(S(N)(=O)=O)cc(C)c3C)c2)c1. The molecule has 0 fully saturated rings. The number of primary sulfonamides is 1. The Balaban J connectivity index is 1.78. The summed E-state index contributed by atoms with van der Waals surface area (Å²) in [5.41, 5.74) is 4.46. The van der Waals surface area contributed by atoms with Crippen LogP contribution in [-0.4, -0.2) is 14.3 Å². The number of nitrogens with two attached hydrogens (primary N) is 1. The van der Waals surface area contributed by atoms with Crippen molar-refractivity contribution in [3.8, 4) is 5.75 Å². The van der Waals surface area contributed by atoms with Crippen molar-refractivity contribution in [2.45, 2.75) is 32.3 Å². The molecule has 0 radical (unpaired) electrons. The van der Waals surface area contributed by atoms with Gasteiger partial charge in [0.25, 0.3) is 5.91 Å².